The van der Waals surface area contributed by atoms with Crippen LogP contribution in [-0.4, -0.2) is 43.4 Å². The summed E-state index contributed by atoms with van der Waals surface area (Å²) in [5.74, 6) is 0.600. The van der Waals surface area contributed by atoms with Gasteiger partial charge in [0.2, 0.25) is 5.91 Å². The maximum absolute atomic E-state index is 11.5. The number of halogens is 2. The van der Waals surface area contributed by atoms with Crippen LogP contribution >= 0.6 is 35.6 Å². The summed E-state index contributed by atoms with van der Waals surface area (Å²) in [4.78, 5) is 17.8. The SMILES string of the molecule is CCNC(=O)CN=C(NCC)N(C)Cc1ccccc1Cl.I. The van der Waals surface area contributed by atoms with Gasteiger partial charge in [-0.3, -0.25) is 4.79 Å². The van der Waals surface area contributed by atoms with Gasteiger partial charge in [0.15, 0.2) is 5.96 Å². The van der Waals surface area contributed by atoms with Gasteiger partial charge in [0, 0.05) is 31.7 Å². The van der Waals surface area contributed by atoms with Crippen LogP contribution in [0.2, 0.25) is 5.02 Å². The van der Waals surface area contributed by atoms with Crippen molar-refractivity contribution in [1.29, 1.82) is 0 Å². The highest BCUT2D eigenvalue weighted by Gasteiger charge is 2.09. The highest BCUT2D eigenvalue weighted by atomic mass is 127. The van der Waals surface area contributed by atoms with Crippen molar-refractivity contribution in [3.05, 3.63) is 34.9 Å². The van der Waals surface area contributed by atoms with Gasteiger partial charge >= 0.3 is 0 Å². The van der Waals surface area contributed by atoms with Crippen LogP contribution in [0, 0.1) is 0 Å². The van der Waals surface area contributed by atoms with Crippen molar-refractivity contribution in [2.45, 2.75) is 20.4 Å². The quantitative estimate of drug-likeness (QED) is 0.408. The van der Waals surface area contributed by atoms with Gasteiger partial charge in [-0.15, -0.1) is 24.0 Å². The van der Waals surface area contributed by atoms with E-state index in [-0.39, 0.29) is 36.4 Å². The molecule has 0 unspecified atom stereocenters. The van der Waals surface area contributed by atoms with Gasteiger partial charge in [0.25, 0.3) is 0 Å². The Balaban J connectivity index is 0.00000441. The summed E-state index contributed by atoms with van der Waals surface area (Å²) in [7, 11) is 1.92. The van der Waals surface area contributed by atoms with E-state index in [9.17, 15) is 4.79 Å². The third kappa shape index (κ3) is 7.31. The summed E-state index contributed by atoms with van der Waals surface area (Å²) in [6.45, 7) is 5.96. The first-order valence-electron chi connectivity index (χ1n) is 7.08. The van der Waals surface area contributed by atoms with E-state index in [4.69, 9.17) is 11.6 Å². The number of amides is 1. The molecule has 0 heterocycles. The molecule has 0 saturated carbocycles. The first-order valence-corrected chi connectivity index (χ1v) is 7.45. The van der Waals surface area contributed by atoms with Gasteiger partial charge in [-0.05, 0) is 25.5 Å². The molecule has 0 radical (unpaired) electrons. The Bertz CT molecular complexity index is 496. The fourth-order valence-corrected chi connectivity index (χ4v) is 2.02. The standard InChI is InChI=1S/C15H23ClN4O.HI/c1-4-17-14(21)10-19-15(18-5-2)20(3)11-12-8-6-7-9-13(12)16;/h6-9H,4-5,10-11H2,1-3H3,(H,17,21)(H,18,19);1H. The number of hydrogen-bond donors (Lipinski definition) is 2. The fourth-order valence-electron chi connectivity index (χ4n) is 1.83. The molecule has 1 amide bonds. The normalized spacial score (nSPS) is 10.6. The number of nitrogens with one attached hydrogen (secondary N) is 2. The second-order valence-corrected chi connectivity index (χ2v) is 4.98. The second kappa shape index (κ2) is 11.5. The van der Waals surface area contributed by atoms with Crippen LogP contribution in [0.3, 0.4) is 0 Å². The summed E-state index contributed by atoms with van der Waals surface area (Å²) in [5, 5.41) is 6.63. The predicted molar refractivity (Wildman–Crippen MR) is 103 cm³/mol. The minimum atomic E-state index is -0.0842. The van der Waals surface area contributed by atoms with E-state index in [0.29, 0.717) is 19.0 Å². The average Bonchev–Trinajstić information content (AvgIpc) is 2.46. The molecule has 0 saturated heterocycles. The summed E-state index contributed by atoms with van der Waals surface area (Å²) in [5.41, 5.74) is 1.02. The fraction of sp³-hybridized carbons (Fsp3) is 0.467. The molecule has 2 N–H and O–H groups in total. The number of rotatable bonds is 6. The van der Waals surface area contributed by atoms with E-state index < -0.39 is 0 Å². The van der Waals surface area contributed by atoms with E-state index in [1.54, 1.807) is 0 Å². The highest BCUT2D eigenvalue weighted by Crippen LogP contribution is 2.16. The Labute approximate surface area is 154 Å². The Morgan fingerprint density at radius 3 is 2.45 bits per heavy atom. The molecule has 5 nitrogen and oxygen atoms in total. The number of nitrogens with zero attached hydrogens (tertiary/aromatic N) is 2. The van der Waals surface area contributed by atoms with Crippen LogP contribution < -0.4 is 10.6 Å². The molecule has 1 aromatic carbocycles. The maximum atomic E-state index is 11.5. The Morgan fingerprint density at radius 1 is 1.23 bits per heavy atom. The molecule has 7 heteroatoms. The van der Waals surface area contributed by atoms with Gasteiger partial charge in [0.1, 0.15) is 6.54 Å². The molecule has 0 fully saturated rings. The summed E-state index contributed by atoms with van der Waals surface area (Å²) in [6, 6.07) is 7.70. The zero-order chi connectivity index (χ0) is 15.7. The first-order chi connectivity index (χ1) is 10.1. The van der Waals surface area contributed by atoms with E-state index in [1.165, 1.54) is 0 Å². The Hall–Kier alpha value is -1.02. The minimum Gasteiger partial charge on any atom is -0.357 e. The third-order valence-electron chi connectivity index (χ3n) is 2.81. The van der Waals surface area contributed by atoms with E-state index in [2.05, 4.69) is 15.6 Å². The van der Waals surface area contributed by atoms with Crippen molar-refractivity contribution in [2.75, 3.05) is 26.7 Å². The van der Waals surface area contributed by atoms with Gasteiger partial charge in [-0.25, -0.2) is 4.99 Å². The van der Waals surface area contributed by atoms with Crippen LogP contribution in [0.5, 0.6) is 0 Å². The predicted octanol–water partition coefficient (Wildman–Crippen LogP) is 2.49. The lowest BCUT2D eigenvalue weighted by Gasteiger charge is -2.22. The number of benzene rings is 1. The average molecular weight is 439 g/mol. The molecule has 1 aromatic rings. The summed E-state index contributed by atoms with van der Waals surface area (Å²) in [6.07, 6.45) is 0. The zero-order valence-corrected chi connectivity index (χ0v) is 16.3. The van der Waals surface area contributed by atoms with Crippen LogP contribution in [0.15, 0.2) is 29.3 Å². The van der Waals surface area contributed by atoms with E-state index in [0.717, 1.165) is 17.1 Å². The number of guanidine groups is 1. The molecule has 0 spiro atoms. The third-order valence-corrected chi connectivity index (χ3v) is 3.18. The molecule has 124 valence electrons. The number of aliphatic imine (C=N–C) groups is 1. The molecule has 0 aliphatic heterocycles. The molecule has 1 rings (SSSR count). The number of likely N-dealkylation sites (N-methyl/N-ethyl adjacent to an activating group) is 1. The minimum absolute atomic E-state index is 0. The molecule has 0 bridgehead atoms. The van der Waals surface area contributed by atoms with Gasteiger partial charge in [-0.2, -0.15) is 0 Å². The van der Waals surface area contributed by atoms with Crippen molar-refractivity contribution in [3.8, 4) is 0 Å². The Kier molecular flexibility index (Phi) is 11.0. The topological polar surface area (TPSA) is 56.7 Å². The van der Waals surface area contributed by atoms with Crippen molar-refractivity contribution < 1.29 is 4.79 Å². The largest absolute Gasteiger partial charge is 0.357 e. The lowest BCUT2D eigenvalue weighted by Crippen LogP contribution is -2.39. The van der Waals surface area contributed by atoms with Crippen molar-refractivity contribution in [3.63, 3.8) is 0 Å². The molecular weight excluding hydrogens is 415 g/mol. The van der Waals surface area contributed by atoms with E-state index in [1.807, 2.05) is 50.1 Å². The van der Waals surface area contributed by atoms with Gasteiger partial charge in [0.05, 0.1) is 0 Å². The van der Waals surface area contributed by atoms with E-state index >= 15 is 0 Å². The van der Waals surface area contributed by atoms with Crippen LogP contribution in [0.25, 0.3) is 0 Å². The summed E-state index contributed by atoms with van der Waals surface area (Å²) < 4.78 is 0. The lowest BCUT2D eigenvalue weighted by molar-refractivity contribution is -0.119. The molecule has 0 aliphatic carbocycles. The molecule has 22 heavy (non-hydrogen) atoms. The number of hydrogen-bond acceptors (Lipinski definition) is 2. The van der Waals surface area contributed by atoms with Crippen molar-refractivity contribution in [1.82, 2.24) is 15.5 Å². The smallest absolute Gasteiger partial charge is 0.241 e. The van der Waals surface area contributed by atoms with Gasteiger partial charge in [-0.1, -0.05) is 29.8 Å². The first kappa shape index (κ1) is 21.0. The van der Waals surface area contributed by atoms with Crippen molar-refractivity contribution >= 4 is 47.4 Å². The molecule has 0 aliphatic rings. The van der Waals surface area contributed by atoms with Crippen LogP contribution in [0.1, 0.15) is 19.4 Å². The van der Waals surface area contributed by atoms with Crippen molar-refractivity contribution in [2.24, 2.45) is 4.99 Å². The molecule has 0 atom stereocenters. The second-order valence-electron chi connectivity index (χ2n) is 4.57. The van der Waals surface area contributed by atoms with Crippen LogP contribution in [-0.2, 0) is 11.3 Å². The molecular formula is C15H24ClIN4O. The number of carbonyl (C=O) groups is 1. The number of carbonyl (C=O) groups excluding carboxylic acids is 1. The highest BCUT2D eigenvalue weighted by molar-refractivity contribution is 14.0. The lowest BCUT2D eigenvalue weighted by atomic mass is 10.2. The molecule has 0 aromatic heterocycles. The van der Waals surface area contributed by atoms with Gasteiger partial charge < -0.3 is 15.5 Å². The maximum Gasteiger partial charge on any atom is 0.241 e. The summed E-state index contributed by atoms with van der Waals surface area (Å²) >= 11 is 6.17. The van der Waals surface area contributed by atoms with Crippen LogP contribution in [0.4, 0.5) is 0 Å². The zero-order valence-electron chi connectivity index (χ0n) is 13.2. The Morgan fingerprint density at radius 2 is 1.86 bits per heavy atom. The monoisotopic (exact) mass is 438 g/mol.